The van der Waals surface area contributed by atoms with Crippen molar-refractivity contribution in [1.82, 2.24) is 4.72 Å². The van der Waals surface area contributed by atoms with E-state index in [0.29, 0.717) is 29.3 Å². The van der Waals surface area contributed by atoms with E-state index in [1.807, 2.05) is 20.8 Å². The molecular formula is C26H38N2O6S2. The fourth-order valence-corrected chi connectivity index (χ4v) is 6.71. The smallest absolute Gasteiger partial charge is 0.348 e. The van der Waals surface area contributed by atoms with E-state index >= 15 is 0 Å². The van der Waals surface area contributed by atoms with Gasteiger partial charge in [0.1, 0.15) is 4.88 Å². The molecule has 10 heteroatoms. The van der Waals surface area contributed by atoms with Gasteiger partial charge in [0.15, 0.2) is 0 Å². The third kappa shape index (κ3) is 7.31. The van der Waals surface area contributed by atoms with Crippen LogP contribution in [-0.4, -0.2) is 57.0 Å². The molecule has 2 fully saturated rings. The summed E-state index contributed by atoms with van der Waals surface area (Å²) in [5.74, 6) is 5.37. The van der Waals surface area contributed by atoms with Crippen molar-refractivity contribution in [2.24, 2.45) is 17.3 Å². The Morgan fingerprint density at radius 1 is 1.19 bits per heavy atom. The van der Waals surface area contributed by atoms with Crippen molar-refractivity contribution in [2.45, 2.75) is 84.4 Å². The Kier molecular flexibility index (Phi) is 8.92. The molecule has 0 aromatic carbocycles. The van der Waals surface area contributed by atoms with Crippen LogP contribution in [-0.2, 0) is 19.6 Å². The number of nitrogens with one attached hydrogen (secondary N) is 1. The molecule has 3 rings (SSSR count). The van der Waals surface area contributed by atoms with Crippen LogP contribution in [0.4, 0.5) is 5.69 Å². The Bertz CT molecular complexity index is 1130. The van der Waals surface area contributed by atoms with Gasteiger partial charge in [-0.05, 0) is 71.3 Å². The molecule has 3 unspecified atom stereocenters. The molecule has 2 N–H and O–H groups in total. The number of carboxylic acid groups (broad SMARTS) is 1. The maximum atomic E-state index is 14.0. The average molecular weight is 539 g/mol. The molecule has 2 aliphatic carbocycles. The molecule has 0 spiro atoms. The number of thiophene rings is 1. The number of methoxy groups -OCH3 is 1. The zero-order valence-electron chi connectivity index (χ0n) is 22.0. The summed E-state index contributed by atoms with van der Waals surface area (Å²) in [5, 5.41) is 10.0. The second-order valence-corrected chi connectivity index (χ2v) is 14.0. The number of hydrogen-bond donors (Lipinski definition) is 2. The number of nitrogens with zero attached hydrogens (tertiary/aromatic N) is 1. The molecule has 2 saturated carbocycles. The normalized spacial score (nSPS) is 26.8. The molecule has 0 radical (unpaired) electrons. The molecule has 0 aliphatic heterocycles. The number of carbonyl (C=O) groups excluding carboxylic acids is 1. The lowest BCUT2D eigenvalue weighted by atomic mass is 9.82. The second kappa shape index (κ2) is 11.2. The van der Waals surface area contributed by atoms with E-state index in [0.717, 1.165) is 43.3 Å². The lowest BCUT2D eigenvalue weighted by molar-refractivity contribution is -0.124. The molecule has 1 aromatic rings. The van der Waals surface area contributed by atoms with Crippen molar-refractivity contribution in [1.29, 1.82) is 0 Å². The van der Waals surface area contributed by atoms with Gasteiger partial charge in [0.25, 0.3) is 0 Å². The van der Waals surface area contributed by atoms with Gasteiger partial charge in [0.05, 0.1) is 22.9 Å². The van der Waals surface area contributed by atoms with Gasteiger partial charge in [-0.3, -0.25) is 4.79 Å². The second-order valence-electron chi connectivity index (χ2n) is 11.2. The topological polar surface area (TPSA) is 113 Å². The quantitative estimate of drug-likeness (QED) is 0.506. The van der Waals surface area contributed by atoms with Gasteiger partial charge in [-0.1, -0.05) is 18.8 Å². The third-order valence-electron chi connectivity index (χ3n) is 6.84. The molecule has 3 atom stereocenters. The zero-order valence-corrected chi connectivity index (χ0v) is 23.6. The maximum Gasteiger partial charge on any atom is 0.348 e. The van der Waals surface area contributed by atoms with Crippen LogP contribution in [0.3, 0.4) is 0 Å². The van der Waals surface area contributed by atoms with E-state index in [1.54, 1.807) is 11.0 Å². The Morgan fingerprint density at radius 3 is 2.36 bits per heavy atom. The molecule has 1 heterocycles. The number of aromatic carboxylic acids is 1. The van der Waals surface area contributed by atoms with Gasteiger partial charge in [-0.15, -0.1) is 11.3 Å². The van der Waals surface area contributed by atoms with Gasteiger partial charge >= 0.3 is 5.97 Å². The monoisotopic (exact) mass is 538 g/mol. The highest BCUT2D eigenvalue weighted by atomic mass is 32.2. The third-order valence-corrected chi connectivity index (χ3v) is 8.60. The minimum absolute atomic E-state index is 0.0687. The molecular weight excluding hydrogens is 500 g/mol. The van der Waals surface area contributed by atoms with Crippen molar-refractivity contribution < 1.29 is 27.9 Å². The molecule has 200 valence electrons. The first-order valence-electron chi connectivity index (χ1n) is 12.4. The minimum atomic E-state index is -3.49. The number of ether oxygens (including phenoxy) is 1. The summed E-state index contributed by atoms with van der Waals surface area (Å²) < 4.78 is 32.2. The van der Waals surface area contributed by atoms with Crippen LogP contribution in [0.2, 0.25) is 0 Å². The number of carboxylic acids is 1. The van der Waals surface area contributed by atoms with E-state index in [4.69, 9.17) is 4.74 Å². The first-order chi connectivity index (χ1) is 16.7. The van der Waals surface area contributed by atoms with Crippen LogP contribution in [0, 0.1) is 29.1 Å². The van der Waals surface area contributed by atoms with E-state index in [-0.39, 0.29) is 22.1 Å². The van der Waals surface area contributed by atoms with Gasteiger partial charge in [0, 0.05) is 30.5 Å². The fraction of sp³-hybridized carbons (Fsp3) is 0.692. The number of sulfonamides is 1. The van der Waals surface area contributed by atoms with Gasteiger partial charge < -0.3 is 14.7 Å². The zero-order chi connectivity index (χ0) is 26.8. The summed E-state index contributed by atoms with van der Waals surface area (Å²) in [6.07, 6.45) is 4.81. The number of hydrogen-bond acceptors (Lipinski definition) is 6. The molecule has 0 bridgehead atoms. The highest BCUT2D eigenvalue weighted by Crippen LogP contribution is 2.39. The van der Waals surface area contributed by atoms with Crippen LogP contribution in [0.25, 0.3) is 0 Å². The summed E-state index contributed by atoms with van der Waals surface area (Å²) in [7, 11) is -1.97. The minimum Gasteiger partial charge on any atom is -0.477 e. The van der Waals surface area contributed by atoms with Gasteiger partial charge in [-0.25, -0.2) is 17.9 Å². The molecule has 2 aliphatic rings. The van der Waals surface area contributed by atoms with Gasteiger partial charge in [-0.2, -0.15) is 0 Å². The van der Waals surface area contributed by atoms with Crippen LogP contribution in [0.15, 0.2) is 6.07 Å². The van der Waals surface area contributed by atoms with Crippen LogP contribution in [0.5, 0.6) is 0 Å². The number of carbonyl (C=O) groups is 2. The Morgan fingerprint density at radius 2 is 1.83 bits per heavy atom. The van der Waals surface area contributed by atoms with Crippen molar-refractivity contribution in [3.63, 3.8) is 0 Å². The lowest BCUT2D eigenvalue weighted by Gasteiger charge is -2.34. The molecule has 0 saturated heterocycles. The van der Waals surface area contributed by atoms with Crippen molar-refractivity contribution in [2.75, 3.05) is 18.3 Å². The number of amides is 1. The molecule has 8 nitrogen and oxygen atoms in total. The van der Waals surface area contributed by atoms with Crippen molar-refractivity contribution in [3.05, 3.63) is 15.8 Å². The van der Waals surface area contributed by atoms with Crippen LogP contribution >= 0.6 is 11.3 Å². The van der Waals surface area contributed by atoms with Crippen molar-refractivity contribution in [3.8, 4) is 11.8 Å². The summed E-state index contributed by atoms with van der Waals surface area (Å²) >= 11 is 1.07. The molecule has 1 amide bonds. The summed E-state index contributed by atoms with van der Waals surface area (Å²) in [5.41, 5.74) is 0.0814. The van der Waals surface area contributed by atoms with Crippen molar-refractivity contribution >= 4 is 38.9 Å². The molecule has 1 aromatic heterocycles. The standard InChI is InChI=1S/C26H38N2O6S2/c1-16-7-9-17(10-8-16)24(29)28(18-13-20(22(14-18)34-5)27-36(6,32)33)21-15-19(11-12-26(2,3)4)35-23(21)25(30)31/h15-18,20,22,27H,7-10,13-14H2,1-6H3,(H,30,31). The first kappa shape index (κ1) is 28.6. The van der Waals surface area contributed by atoms with E-state index in [2.05, 4.69) is 23.5 Å². The number of rotatable bonds is 7. The molecule has 36 heavy (non-hydrogen) atoms. The summed E-state index contributed by atoms with van der Waals surface area (Å²) in [4.78, 5) is 28.6. The van der Waals surface area contributed by atoms with Gasteiger partial charge in [0.2, 0.25) is 15.9 Å². The lowest BCUT2D eigenvalue weighted by Crippen LogP contribution is -2.45. The largest absolute Gasteiger partial charge is 0.477 e. The predicted molar refractivity (Wildman–Crippen MR) is 142 cm³/mol. The predicted octanol–water partition coefficient (Wildman–Crippen LogP) is 4.10. The Hall–Kier alpha value is -1.93. The van der Waals surface area contributed by atoms with E-state index in [9.17, 15) is 23.1 Å². The number of anilines is 1. The SMILES string of the molecule is COC1CC(N(C(=O)C2CCC(C)CC2)c2cc(C#CC(C)(C)C)sc2C(=O)O)CC1NS(C)(=O)=O. The Labute approximate surface area is 218 Å². The summed E-state index contributed by atoms with van der Waals surface area (Å²) in [6, 6.07) is 0.788. The van der Waals surface area contributed by atoms with Crippen LogP contribution in [0.1, 0.15) is 80.8 Å². The van der Waals surface area contributed by atoms with E-state index in [1.165, 1.54) is 7.11 Å². The Balaban J connectivity index is 2.05. The average Bonchev–Trinajstić information content (AvgIpc) is 3.35. The highest BCUT2D eigenvalue weighted by Gasteiger charge is 2.43. The van der Waals surface area contributed by atoms with Crippen LogP contribution < -0.4 is 9.62 Å². The maximum absolute atomic E-state index is 14.0. The fourth-order valence-electron chi connectivity index (χ4n) is 5.07. The highest BCUT2D eigenvalue weighted by molar-refractivity contribution is 7.88. The van der Waals surface area contributed by atoms with E-state index < -0.39 is 34.2 Å². The summed E-state index contributed by atoms with van der Waals surface area (Å²) in [6.45, 7) is 8.11. The first-order valence-corrected chi connectivity index (χ1v) is 15.1.